The topological polar surface area (TPSA) is 34.9 Å². The first kappa shape index (κ1) is 13.3. The summed E-state index contributed by atoms with van der Waals surface area (Å²) in [5.41, 5.74) is 0.0926. The van der Waals surface area contributed by atoms with Crippen molar-refractivity contribution in [3.05, 3.63) is 52.8 Å². The molecule has 0 aliphatic heterocycles. The van der Waals surface area contributed by atoms with E-state index in [1.54, 1.807) is 14.0 Å². The minimum atomic E-state index is -4.46. The number of nitrogens with zero attached hydrogens (tertiary/aromatic N) is 2. The second-order valence-corrected chi connectivity index (χ2v) is 4.17. The summed E-state index contributed by atoms with van der Waals surface area (Å²) in [6.07, 6.45) is -3.10. The highest BCUT2D eigenvalue weighted by Gasteiger charge is 2.31. The van der Waals surface area contributed by atoms with E-state index in [2.05, 4.69) is 5.10 Å². The highest BCUT2D eigenvalue weighted by Crippen LogP contribution is 2.30. The molecule has 0 aliphatic rings. The van der Waals surface area contributed by atoms with E-state index in [-0.39, 0.29) is 5.56 Å². The lowest BCUT2D eigenvalue weighted by Crippen LogP contribution is -2.08. The lowest BCUT2D eigenvalue weighted by molar-refractivity contribution is -0.137. The van der Waals surface area contributed by atoms with Crippen molar-refractivity contribution in [3.63, 3.8) is 0 Å². The zero-order valence-corrected chi connectivity index (χ0v) is 10.3. The molecule has 0 spiro atoms. The third-order valence-corrected chi connectivity index (χ3v) is 2.93. The lowest BCUT2D eigenvalue weighted by atomic mass is 10.0. The molecule has 1 aromatic heterocycles. The van der Waals surface area contributed by atoms with Crippen LogP contribution in [-0.4, -0.2) is 15.6 Å². The SMILES string of the molecule is Cc1c(C(=O)c2cccc(C(F)(F)F)c2)cnn1C. The maximum Gasteiger partial charge on any atom is 0.416 e. The van der Waals surface area contributed by atoms with Gasteiger partial charge < -0.3 is 0 Å². The van der Waals surface area contributed by atoms with Crippen LogP contribution >= 0.6 is 0 Å². The van der Waals surface area contributed by atoms with Crippen LogP contribution in [0, 0.1) is 6.92 Å². The Hall–Kier alpha value is -2.11. The van der Waals surface area contributed by atoms with E-state index in [9.17, 15) is 18.0 Å². The summed E-state index contributed by atoms with van der Waals surface area (Å²) in [7, 11) is 1.66. The molecule has 0 N–H and O–H groups in total. The van der Waals surface area contributed by atoms with Crippen molar-refractivity contribution in [2.45, 2.75) is 13.1 Å². The smallest absolute Gasteiger partial charge is 0.288 e. The van der Waals surface area contributed by atoms with Crippen LogP contribution in [0.4, 0.5) is 13.2 Å². The van der Waals surface area contributed by atoms with Crippen LogP contribution in [-0.2, 0) is 13.2 Å². The first-order valence-electron chi connectivity index (χ1n) is 5.51. The van der Waals surface area contributed by atoms with Crippen LogP contribution < -0.4 is 0 Å². The molecule has 0 saturated carbocycles. The summed E-state index contributed by atoms with van der Waals surface area (Å²) in [6.45, 7) is 1.69. The number of aryl methyl sites for hydroxylation is 1. The maximum atomic E-state index is 12.6. The number of ketones is 1. The van der Waals surface area contributed by atoms with Crippen LogP contribution in [0.3, 0.4) is 0 Å². The number of halogens is 3. The van der Waals surface area contributed by atoms with Gasteiger partial charge in [-0.1, -0.05) is 12.1 Å². The van der Waals surface area contributed by atoms with Gasteiger partial charge in [0, 0.05) is 18.3 Å². The zero-order chi connectivity index (χ0) is 14.2. The van der Waals surface area contributed by atoms with Crippen molar-refractivity contribution in [1.29, 1.82) is 0 Å². The fraction of sp³-hybridized carbons (Fsp3) is 0.231. The largest absolute Gasteiger partial charge is 0.416 e. The average molecular weight is 268 g/mol. The Kier molecular flexibility index (Phi) is 3.18. The molecule has 0 atom stereocenters. The molecule has 100 valence electrons. The summed E-state index contributed by atoms with van der Waals surface area (Å²) in [5.74, 6) is -0.461. The third-order valence-electron chi connectivity index (χ3n) is 2.93. The second-order valence-electron chi connectivity index (χ2n) is 4.17. The van der Waals surface area contributed by atoms with Crippen LogP contribution in [0.2, 0.25) is 0 Å². The van der Waals surface area contributed by atoms with Crippen LogP contribution in [0.15, 0.2) is 30.5 Å². The molecule has 3 nitrogen and oxygen atoms in total. The summed E-state index contributed by atoms with van der Waals surface area (Å²) in [4.78, 5) is 12.1. The van der Waals surface area contributed by atoms with Gasteiger partial charge in [0.05, 0.1) is 17.3 Å². The van der Waals surface area contributed by atoms with Crippen molar-refractivity contribution < 1.29 is 18.0 Å². The van der Waals surface area contributed by atoms with Crippen molar-refractivity contribution in [2.24, 2.45) is 7.05 Å². The van der Waals surface area contributed by atoms with E-state index in [4.69, 9.17) is 0 Å². The summed E-state index contributed by atoms with van der Waals surface area (Å²) >= 11 is 0. The molecule has 2 rings (SSSR count). The van der Waals surface area contributed by atoms with E-state index in [0.29, 0.717) is 11.3 Å². The fourth-order valence-corrected chi connectivity index (χ4v) is 1.71. The lowest BCUT2D eigenvalue weighted by Gasteiger charge is -2.08. The summed E-state index contributed by atoms with van der Waals surface area (Å²) in [5, 5.41) is 3.91. The molecule has 0 unspecified atom stereocenters. The Morgan fingerprint density at radius 1 is 1.32 bits per heavy atom. The first-order chi connectivity index (χ1) is 8.80. The monoisotopic (exact) mass is 268 g/mol. The molecule has 0 saturated heterocycles. The molecule has 1 aromatic carbocycles. The van der Waals surface area contributed by atoms with E-state index in [1.165, 1.54) is 23.0 Å². The third kappa shape index (κ3) is 2.52. The maximum absolute atomic E-state index is 12.6. The van der Waals surface area contributed by atoms with E-state index < -0.39 is 17.5 Å². The number of hydrogen-bond acceptors (Lipinski definition) is 2. The van der Waals surface area contributed by atoms with E-state index >= 15 is 0 Å². The number of rotatable bonds is 2. The van der Waals surface area contributed by atoms with Gasteiger partial charge in [-0.15, -0.1) is 0 Å². The average Bonchev–Trinajstić information content (AvgIpc) is 2.68. The van der Waals surface area contributed by atoms with Crippen molar-refractivity contribution in [1.82, 2.24) is 9.78 Å². The van der Waals surface area contributed by atoms with Crippen LogP contribution in [0.25, 0.3) is 0 Å². The van der Waals surface area contributed by atoms with Crippen LogP contribution in [0.5, 0.6) is 0 Å². The normalized spacial score (nSPS) is 11.6. The molecule has 0 fully saturated rings. The first-order valence-corrected chi connectivity index (χ1v) is 5.51. The van der Waals surface area contributed by atoms with Gasteiger partial charge in [-0.25, -0.2) is 0 Å². The molecule has 6 heteroatoms. The van der Waals surface area contributed by atoms with Gasteiger partial charge in [-0.05, 0) is 19.1 Å². The van der Waals surface area contributed by atoms with E-state index in [1.807, 2.05) is 0 Å². The standard InChI is InChI=1S/C13H11F3N2O/c1-8-11(7-17-18(8)2)12(19)9-4-3-5-10(6-9)13(14,15)16/h3-7H,1-2H3. The molecule has 0 bridgehead atoms. The fourth-order valence-electron chi connectivity index (χ4n) is 1.71. The highest BCUT2D eigenvalue weighted by atomic mass is 19.4. The minimum absolute atomic E-state index is 0.00549. The Bertz CT molecular complexity index is 629. The zero-order valence-electron chi connectivity index (χ0n) is 10.3. The van der Waals surface area contributed by atoms with Crippen molar-refractivity contribution >= 4 is 5.78 Å². The van der Waals surface area contributed by atoms with Gasteiger partial charge >= 0.3 is 6.18 Å². The van der Waals surface area contributed by atoms with Gasteiger partial charge in [0.2, 0.25) is 0 Å². The molecule has 1 heterocycles. The molecule has 0 amide bonds. The number of aromatic nitrogens is 2. The Morgan fingerprint density at radius 3 is 2.53 bits per heavy atom. The molecule has 0 radical (unpaired) electrons. The highest BCUT2D eigenvalue weighted by molar-refractivity contribution is 6.09. The van der Waals surface area contributed by atoms with Crippen molar-refractivity contribution in [3.8, 4) is 0 Å². The number of benzene rings is 1. The van der Waals surface area contributed by atoms with Gasteiger partial charge in [-0.2, -0.15) is 18.3 Å². The summed E-state index contributed by atoms with van der Waals surface area (Å²) < 4.78 is 39.3. The number of carbonyl (C=O) groups is 1. The minimum Gasteiger partial charge on any atom is -0.288 e. The Morgan fingerprint density at radius 2 is 2.00 bits per heavy atom. The van der Waals surface area contributed by atoms with Gasteiger partial charge in [-0.3, -0.25) is 9.48 Å². The van der Waals surface area contributed by atoms with Gasteiger partial charge in [0.15, 0.2) is 5.78 Å². The molecular formula is C13H11F3N2O. The Balaban J connectivity index is 2.43. The molecule has 0 aliphatic carbocycles. The predicted molar refractivity (Wildman–Crippen MR) is 62.8 cm³/mol. The molecule has 19 heavy (non-hydrogen) atoms. The predicted octanol–water partition coefficient (Wildman–Crippen LogP) is 2.98. The quantitative estimate of drug-likeness (QED) is 0.785. The van der Waals surface area contributed by atoms with Gasteiger partial charge in [0.25, 0.3) is 0 Å². The Labute approximate surface area is 107 Å². The number of carbonyl (C=O) groups excluding carboxylic acids is 1. The molecular weight excluding hydrogens is 257 g/mol. The molecule has 2 aromatic rings. The van der Waals surface area contributed by atoms with Gasteiger partial charge in [0.1, 0.15) is 0 Å². The van der Waals surface area contributed by atoms with Crippen LogP contribution in [0.1, 0.15) is 27.2 Å². The number of hydrogen-bond donors (Lipinski definition) is 0. The van der Waals surface area contributed by atoms with Crippen molar-refractivity contribution in [2.75, 3.05) is 0 Å². The number of alkyl halides is 3. The summed E-state index contributed by atoms with van der Waals surface area (Å²) in [6, 6.07) is 4.38. The second kappa shape index (κ2) is 4.53. The van der Waals surface area contributed by atoms with E-state index in [0.717, 1.165) is 12.1 Å².